The molecule has 0 heterocycles. The Morgan fingerprint density at radius 2 is 1.96 bits per heavy atom. The maximum absolute atomic E-state index is 11.7. The topological polar surface area (TPSA) is 88.0 Å². The van der Waals surface area contributed by atoms with Gasteiger partial charge in [-0.3, -0.25) is 9.59 Å². The fraction of sp³-hybridized carbons (Fsp3) is 0.167. The number of nitrogens with one attached hydrogen (secondary N) is 1. The van der Waals surface area contributed by atoms with Crippen molar-refractivity contribution in [2.45, 2.75) is 13.3 Å². The highest BCUT2D eigenvalue weighted by atomic mass is 16.5. The Kier molecular flexibility index (Phi) is 8.31. The molecule has 2 rings (SSSR count). The van der Waals surface area contributed by atoms with Gasteiger partial charge in [0, 0.05) is 0 Å². The first-order valence-electron chi connectivity index (χ1n) is 7.18. The number of aromatic hydroxyl groups is 1. The molecule has 2 aromatic carbocycles. The van der Waals surface area contributed by atoms with Crippen LogP contribution in [0.4, 0.5) is 0 Å². The second-order valence-electron chi connectivity index (χ2n) is 4.83. The monoisotopic (exact) mass is 328 g/mol. The third kappa shape index (κ3) is 7.22. The molecular formula is C18H20N2O4. The van der Waals surface area contributed by atoms with Gasteiger partial charge in [-0.2, -0.15) is 5.10 Å². The molecule has 0 aliphatic rings. The number of hydrogen-bond donors (Lipinski definition) is 2. The zero-order valence-corrected chi connectivity index (χ0v) is 13.6. The lowest BCUT2D eigenvalue weighted by Gasteiger charge is -2.02. The van der Waals surface area contributed by atoms with Crippen LogP contribution in [0.25, 0.3) is 0 Å². The molecule has 0 unspecified atom stereocenters. The van der Waals surface area contributed by atoms with Gasteiger partial charge >= 0.3 is 0 Å². The van der Waals surface area contributed by atoms with Crippen LogP contribution in [0.1, 0.15) is 16.7 Å². The fourth-order valence-electron chi connectivity index (χ4n) is 1.80. The highest BCUT2D eigenvalue weighted by molar-refractivity contribution is 5.84. The Balaban J connectivity index is 0.000000648. The quantitative estimate of drug-likeness (QED) is 0.500. The molecule has 2 N–H and O–H groups in total. The number of benzene rings is 2. The molecule has 24 heavy (non-hydrogen) atoms. The van der Waals surface area contributed by atoms with Crippen LogP contribution in [0.15, 0.2) is 53.6 Å². The van der Waals surface area contributed by atoms with E-state index >= 15 is 0 Å². The van der Waals surface area contributed by atoms with Crippen molar-refractivity contribution in [3.63, 3.8) is 0 Å². The van der Waals surface area contributed by atoms with E-state index in [2.05, 4.69) is 15.3 Å². The highest BCUT2D eigenvalue weighted by Gasteiger charge is 2.02. The maximum atomic E-state index is 11.7. The SMILES string of the molecule is COC=O.Cc1ccccc1/C=N/NC(=O)Cc1cccc(O)c1. The highest BCUT2D eigenvalue weighted by Crippen LogP contribution is 2.11. The fourth-order valence-corrected chi connectivity index (χ4v) is 1.80. The molecule has 2 aromatic rings. The third-order valence-corrected chi connectivity index (χ3v) is 2.95. The van der Waals surface area contributed by atoms with Crippen LogP contribution >= 0.6 is 0 Å². The number of hydrazone groups is 1. The van der Waals surface area contributed by atoms with Crippen molar-refractivity contribution in [1.29, 1.82) is 0 Å². The summed E-state index contributed by atoms with van der Waals surface area (Å²) in [5.41, 5.74) is 5.28. The maximum Gasteiger partial charge on any atom is 0.292 e. The minimum Gasteiger partial charge on any atom is -0.508 e. The van der Waals surface area contributed by atoms with E-state index in [0.717, 1.165) is 16.7 Å². The number of carbonyl (C=O) groups is 2. The van der Waals surface area contributed by atoms with Crippen LogP contribution in [0.5, 0.6) is 5.75 Å². The van der Waals surface area contributed by atoms with Crippen molar-refractivity contribution < 1.29 is 19.4 Å². The van der Waals surface area contributed by atoms with Gasteiger partial charge in [0.15, 0.2) is 0 Å². The number of rotatable bonds is 5. The Labute approximate surface area is 140 Å². The number of carbonyl (C=O) groups excluding carboxylic acids is 2. The second-order valence-corrected chi connectivity index (χ2v) is 4.83. The van der Waals surface area contributed by atoms with E-state index in [1.165, 1.54) is 7.11 Å². The van der Waals surface area contributed by atoms with E-state index in [1.807, 2.05) is 31.2 Å². The lowest BCUT2D eigenvalue weighted by atomic mass is 10.1. The first-order valence-corrected chi connectivity index (χ1v) is 7.18. The van der Waals surface area contributed by atoms with Crippen LogP contribution in [0, 0.1) is 6.92 Å². The van der Waals surface area contributed by atoms with Crippen LogP contribution in [-0.4, -0.2) is 30.8 Å². The summed E-state index contributed by atoms with van der Waals surface area (Å²) in [5.74, 6) is -0.0702. The molecule has 126 valence electrons. The van der Waals surface area contributed by atoms with Crippen molar-refractivity contribution in [3.05, 3.63) is 65.2 Å². The zero-order chi connectivity index (χ0) is 17.8. The third-order valence-electron chi connectivity index (χ3n) is 2.95. The molecule has 0 aliphatic heterocycles. The summed E-state index contributed by atoms with van der Waals surface area (Å²) in [6.07, 6.45) is 1.80. The largest absolute Gasteiger partial charge is 0.508 e. The number of phenolic OH excluding ortho intramolecular Hbond substituents is 1. The molecule has 0 saturated carbocycles. The summed E-state index contributed by atoms with van der Waals surface area (Å²) in [6.45, 7) is 2.36. The molecule has 0 aliphatic carbocycles. The molecule has 0 spiro atoms. The van der Waals surface area contributed by atoms with Gasteiger partial charge in [0.05, 0.1) is 19.7 Å². The smallest absolute Gasteiger partial charge is 0.292 e. The van der Waals surface area contributed by atoms with E-state index in [9.17, 15) is 9.90 Å². The first kappa shape index (κ1) is 18.9. The number of aryl methyl sites for hydroxylation is 1. The molecule has 6 heteroatoms. The zero-order valence-electron chi connectivity index (χ0n) is 13.6. The van der Waals surface area contributed by atoms with Gasteiger partial charge in [-0.25, -0.2) is 5.43 Å². The van der Waals surface area contributed by atoms with Gasteiger partial charge in [0.1, 0.15) is 5.75 Å². The lowest BCUT2D eigenvalue weighted by Crippen LogP contribution is -2.19. The van der Waals surface area contributed by atoms with E-state index in [-0.39, 0.29) is 18.1 Å². The number of phenols is 1. The molecule has 0 aromatic heterocycles. The van der Waals surface area contributed by atoms with Gasteiger partial charge in [0.2, 0.25) is 5.91 Å². The first-order chi connectivity index (χ1) is 11.6. The number of amides is 1. The standard InChI is InChI=1S/C16H16N2O2.C2H4O2/c1-12-5-2-3-7-14(12)11-17-18-16(20)10-13-6-4-8-15(19)9-13;1-4-2-3/h2-9,11,19H,10H2,1H3,(H,18,20);2H,1H3/b17-11+;. The van der Waals surface area contributed by atoms with E-state index in [4.69, 9.17) is 4.79 Å². The normalized spacial score (nSPS) is 9.75. The number of hydrogen-bond acceptors (Lipinski definition) is 5. The average molecular weight is 328 g/mol. The van der Waals surface area contributed by atoms with Gasteiger partial charge in [-0.1, -0.05) is 36.4 Å². The van der Waals surface area contributed by atoms with Gasteiger partial charge < -0.3 is 9.84 Å². The van der Waals surface area contributed by atoms with Crippen molar-refractivity contribution in [2.24, 2.45) is 5.10 Å². The summed E-state index contributed by atoms with van der Waals surface area (Å²) in [4.78, 5) is 20.6. The Bertz CT molecular complexity index is 699. The van der Waals surface area contributed by atoms with Crippen LogP contribution in [-0.2, 0) is 20.7 Å². The van der Waals surface area contributed by atoms with E-state index < -0.39 is 0 Å². The van der Waals surface area contributed by atoms with Gasteiger partial charge in [-0.05, 0) is 35.7 Å². The van der Waals surface area contributed by atoms with Gasteiger partial charge in [0.25, 0.3) is 6.47 Å². The van der Waals surface area contributed by atoms with Crippen LogP contribution in [0.3, 0.4) is 0 Å². The molecule has 0 atom stereocenters. The molecular weight excluding hydrogens is 308 g/mol. The van der Waals surface area contributed by atoms with Gasteiger partial charge in [-0.15, -0.1) is 0 Å². The molecule has 6 nitrogen and oxygen atoms in total. The molecule has 1 amide bonds. The molecule has 0 bridgehead atoms. The Hall–Kier alpha value is -3.15. The average Bonchev–Trinajstić information content (AvgIpc) is 2.57. The Morgan fingerprint density at radius 3 is 2.58 bits per heavy atom. The number of methoxy groups -OCH3 is 1. The molecule has 0 fully saturated rings. The summed E-state index contributed by atoms with van der Waals surface area (Å²) >= 11 is 0. The summed E-state index contributed by atoms with van der Waals surface area (Å²) in [6, 6.07) is 14.4. The van der Waals surface area contributed by atoms with Crippen molar-refractivity contribution in [3.8, 4) is 5.75 Å². The molecule has 0 radical (unpaired) electrons. The minimum atomic E-state index is -0.222. The van der Waals surface area contributed by atoms with E-state index in [0.29, 0.717) is 6.47 Å². The molecule has 0 saturated heterocycles. The minimum absolute atomic E-state index is 0.152. The summed E-state index contributed by atoms with van der Waals surface area (Å²) < 4.78 is 3.86. The number of nitrogens with zero attached hydrogens (tertiary/aromatic N) is 1. The summed E-state index contributed by atoms with van der Waals surface area (Å²) in [5, 5.41) is 13.3. The Morgan fingerprint density at radius 1 is 1.25 bits per heavy atom. The van der Waals surface area contributed by atoms with Crippen molar-refractivity contribution in [2.75, 3.05) is 7.11 Å². The predicted molar refractivity (Wildman–Crippen MR) is 91.8 cm³/mol. The van der Waals surface area contributed by atoms with Crippen molar-refractivity contribution >= 4 is 18.6 Å². The van der Waals surface area contributed by atoms with Crippen LogP contribution in [0.2, 0.25) is 0 Å². The van der Waals surface area contributed by atoms with E-state index in [1.54, 1.807) is 30.5 Å². The number of ether oxygens (including phenoxy) is 1. The lowest BCUT2D eigenvalue weighted by molar-refractivity contribution is -0.126. The van der Waals surface area contributed by atoms with Crippen molar-refractivity contribution in [1.82, 2.24) is 5.43 Å². The predicted octanol–water partition coefficient (Wildman–Crippen LogP) is 2.18. The summed E-state index contributed by atoms with van der Waals surface area (Å²) in [7, 11) is 1.31. The second kappa shape index (κ2) is 10.6. The van der Waals surface area contributed by atoms with Crippen LogP contribution < -0.4 is 5.43 Å².